The number of allylic oxidation sites excluding steroid dienone is 4. The molecule has 0 saturated carbocycles. The third-order valence-corrected chi connectivity index (χ3v) is 23.0. The van der Waals surface area contributed by atoms with Crippen LogP contribution in [0.15, 0.2) is 97.1 Å². The van der Waals surface area contributed by atoms with Gasteiger partial charge in [-0.05, 0) is 141 Å². The van der Waals surface area contributed by atoms with E-state index in [1.165, 1.54) is 81.7 Å². The maximum Gasteiger partial charge on any atom is 0.276 e. The smallest absolute Gasteiger partial charge is 0.276 e. The molecule has 12 aromatic rings. The normalized spacial score (nSPS) is 18.2. The van der Waals surface area contributed by atoms with Gasteiger partial charge < -0.3 is 120 Å². The Kier molecular flexibility index (Phi) is 32.5. The summed E-state index contributed by atoms with van der Waals surface area (Å²) in [7, 11) is 5.52. The fourth-order valence-electron chi connectivity index (χ4n) is 16.3. The van der Waals surface area contributed by atoms with E-state index in [1.807, 2.05) is 27.7 Å². The number of fused-ring (bicyclic) bond motifs is 4. The van der Waals surface area contributed by atoms with Crippen molar-refractivity contribution in [3.63, 3.8) is 0 Å². The van der Waals surface area contributed by atoms with E-state index in [0.717, 1.165) is 0 Å². The zero-order valence-electron chi connectivity index (χ0n) is 78.2. The Balaban J connectivity index is 0.000000234. The number of carbonyl (C=O) groups excluding carboxylic acids is 9. The largest absolute Gasteiger partial charge is 0.494 e. The van der Waals surface area contributed by atoms with Gasteiger partial charge in [-0.2, -0.15) is 20.4 Å². The van der Waals surface area contributed by atoms with E-state index in [2.05, 4.69) is 62.3 Å². The number of benzene rings is 4. The first-order chi connectivity index (χ1) is 66.6. The van der Waals surface area contributed by atoms with Crippen molar-refractivity contribution in [1.29, 1.82) is 0 Å². The predicted molar refractivity (Wildman–Crippen MR) is 500 cm³/mol. The first kappa shape index (κ1) is 101. The zero-order chi connectivity index (χ0) is 100. The Bertz CT molecular complexity index is 6670. The van der Waals surface area contributed by atoms with Crippen molar-refractivity contribution in [2.24, 2.45) is 22.9 Å². The first-order valence-corrected chi connectivity index (χ1v) is 44.4. The van der Waals surface area contributed by atoms with Gasteiger partial charge in [0.15, 0.2) is 12.6 Å². The SMILES string of the molecule is CCn1nc(C)cc1C(=O)Nc1nc2cc(C(N)=O)cc(OC)c2n1C/C=C/Cn1c(NC(=O)c2cc(C)nn2CC)nc2cc(C(N)=O)cc(OCCC(=O)N[C@H]3[C@@H](OC)O[C@H](CO)[C@@H](O)[C@@H]3O)c21.CCn1nc(C)cc1C(=O)Nc1nc2cc(C(N)=O)cc(OC)c2n1C/C=C/Cn1c(NC(=O)c2cc(C)nn2CC)nc2cc(C(N)=O)cc(OCCCN[C@H]3[C@@H](OC)O[C@H](CO)[C@@H](O)[C@@H]3O)c21. The molecule has 10 heterocycles. The monoisotopic (exact) mass is 1920 g/mol. The zero-order valence-corrected chi connectivity index (χ0v) is 78.2. The molecule has 20 N–H and O–H groups in total. The number of amides is 9. The van der Waals surface area contributed by atoms with Crippen molar-refractivity contribution in [2.45, 2.75) is 182 Å². The number of ether oxygens (including phenoxy) is 8. The van der Waals surface area contributed by atoms with E-state index >= 15 is 0 Å². The summed E-state index contributed by atoms with van der Waals surface area (Å²) >= 11 is 0. The topological polar surface area (TPSA) is 668 Å². The van der Waals surface area contributed by atoms with E-state index in [0.29, 0.717) is 106 Å². The van der Waals surface area contributed by atoms with Crippen LogP contribution in [-0.2, 0) is 76.1 Å². The van der Waals surface area contributed by atoms with E-state index < -0.39 is 128 Å². The quantitative estimate of drug-likeness (QED) is 0.0192. The van der Waals surface area contributed by atoms with Crippen molar-refractivity contribution in [3.05, 3.63) is 165 Å². The van der Waals surface area contributed by atoms with Crippen LogP contribution in [0.5, 0.6) is 23.0 Å². The molecule has 0 aliphatic carbocycles. The average molecular weight is 1930 g/mol. The molecule has 2 aliphatic rings. The van der Waals surface area contributed by atoms with Crippen LogP contribution in [0, 0.1) is 27.7 Å². The molecule has 0 unspecified atom stereocenters. The lowest BCUT2D eigenvalue weighted by Crippen LogP contribution is -2.64. The van der Waals surface area contributed by atoms with Crippen molar-refractivity contribution < 1.29 is 112 Å². The predicted octanol–water partition coefficient (Wildman–Crippen LogP) is 1.96. The van der Waals surface area contributed by atoms with Crippen LogP contribution >= 0.6 is 0 Å². The molecule has 0 bridgehead atoms. The van der Waals surface area contributed by atoms with E-state index in [9.17, 15) is 73.8 Å². The number of methoxy groups -OCH3 is 4. The number of hydrogen-bond donors (Lipinski definition) is 16. The van der Waals surface area contributed by atoms with Gasteiger partial charge in [-0.1, -0.05) is 24.3 Å². The lowest BCUT2D eigenvalue weighted by atomic mass is 9.97. The molecule has 2 fully saturated rings. The Labute approximate surface area is 792 Å². The molecule has 139 heavy (non-hydrogen) atoms. The van der Waals surface area contributed by atoms with E-state index in [-0.39, 0.29) is 138 Å². The van der Waals surface area contributed by atoms with Gasteiger partial charge in [-0.25, -0.2) is 19.9 Å². The number of aromatic nitrogens is 16. The molecule has 2 saturated heterocycles. The Morgan fingerprint density at radius 2 is 0.691 bits per heavy atom. The van der Waals surface area contributed by atoms with Gasteiger partial charge in [-0.3, -0.25) is 83.1 Å². The number of imidazole rings is 4. The Morgan fingerprint density at radius 1 is 0.403 bits per heavy atom. The van der Waals surface area contributed by atoms with Crippen LogP contribution in [-0.4, -0.2) is 284 Å². The summed E-state index contributed by atoms with van der Waals surface area (Å²) in [6, 6.07) is 16.3. The molecule has 49 heteroatoms. The van der Waals surface area contributed by atoms with Gasteiger partial charge in [0.05, 0.1) is 98.0 Å². The van der Waals surface area contributed by atoms with Crippen molar-refractivity contribution in [1.82, 2.24) is 88.0 Å². The van der Waals surface area contributed by atoms with Gasteiger partial charge in [0, 0.05) is 88.8 Å². The number of nitrogens with two attached hydrogens (primary N) is 4. The van der Waals surface area contributed by atoms with Gasteiger partial charge in [0.25, 0.3) is 23.6 Å². The van der Waals surface area contributed by atoms with Gasteiger partial charge in [-0.15, -0.1) is 0 Å². The molecule has 10 atom stereocenters. The number of nitrogens with zero attached hydrogens (tertiary/aromatic N) is 16. The van der Waals surface area contributed by atoms with Crippen molar-refractivity contribution >= 4 is 121 Å². The maximum absolute atomic E-state index is 13.9. The highest BCUT2D eigenvalue weighted by Gasteiger charge is 2.47. The minimum absolute atomic E-state index is 0.00627. The number of primary amides is 4. The molecule has 4 aromatic carbocycles. The second-order valence-electron chi connectivity index (χ2n) is 32.4. The summed E-state index contributed by atoms with van der Waals surface area (Å²) in [5.41, 5.74) is 29.6. The number of aliphatic hydroxyl groups excluding tert-OH is 6. The highest BCUT2D eigenvalue weighted by molar-refractivity contribution is 6.08. The van der Waals surface area contributed by atoms with E-state index in [4.69, 9.17) is 70.8 Å². The third kappa shape index (κ3) is 22.2. The van der Waals surface area contributed by atoms with Crippen molar-refractivity contribution in [2.75, 3.05) is 82.7 Å². The molecule has 740 valence electrons. The highest BCUT2D eigenvalue weighted by atomic mass is 16.7. The Morgan fingerprint density at radius 3 is 0.978 bits per heavy atom. The number of rotatable bonds is 41. The molecular weight excluding hydrogens is 1810 g/mol. The molecule has 49 nitrogen and oxygen atoms in total. The fourth-order valence-corrected chi connectivity index (χ4v) is 16.3. The molecule has 0 radical (unpaired) electrons. The number of anilines is 4. The molecule has 0 spiro atoms. The van der Waals surface area contributed by atoms with Crippen LogP contribution in [0.4, 0.5) is 23.8 Å². The number of aryl methyl sites for hydroxylation is 8. The fraction of sp³-hybridized carbons (Fsp3) is 0.411. The third-order valence-electron chi connectivity index (χ3n) is 23.0. The number of hydrogen-bond acceptors (Lipinski definition) is 32. The molecule has 8 aromatic heterocycles. The van der Waals surface area contributed by atoms with Crippen LogP contribution in [0.2, 0.25) is 0 Å². The van der Waals surface area contributed by atoms with Crippen LogP contribution < -0.4 is 73.8 Å². The molecule has 14 rings (SSSR count). The second kappa shape index (κ2) is 44.5. The summed E-state index contributed by atoms with van der Waals surface area (Å²) in [6.07, 6.45) is -2.92. The van der Waals surface area contributed by atoms with Crippen LogP contribution in [0.25, 0.3) is 44.1 Å². The summed E-state index contributed by atoms with van der Waals surface area (Å²) in [4.78, 5) is 137. The lowest BCUT2D eigenvalue weighted by molar-refractivity contribution is -0.263. The van der Waals surface area contributed by atoms with Gasteiger partial charge in [0.2, 0.25) is 53.3 Å². The molecule has 2 aliphatic heterocycles. The van der Waals surface area contributed by atoms with Gasteiger partial charge >= 0.3 is 0 Å². The molecular formula is C90H112N26O23. The van der Waals surface area contributed by atoms with Gasteiger partial charge in [0.1, 0.15) is 111 Å². The highest BCUT2D eigenvalue weighted by Crippen LogP contribution is 2.38. The van der Waals surface area contributed by atoms with Crippen molar-refractivity contribution in [3.8, 4) is 23.0 Å². The molecule has 9 amide bonds. The van der Waals surface area contributed by atoms with Crippen LogP contribution in [0.1, 0.15) is 147 Å². The minimum atomic E-state index is -1.54. The first-order valence-electron chi connectivity index (χ1n) is 44.4. The van der Waals surface area contributed by atoms with E-state index in [1.54, 1.807) is 109 Å². The number of aliphatic hydroxyl groups is 6. The van der Waals surface area contributed by atoms with Crippen LogP contribution in [0.3, 0.4) is 0 Å². The summed E-state index contributed by atoms with van der Waals surface area (Å²) < 4.78 is 58.5. The Hall–Kier alpha value is -14.9. The summed E-state index contributed by atoms with van der Waals surface area (Å²) in [5.74, 6) is -4.37. The minimum Gasteiger partial charge on any atom is -0.494 e. The summed E-state index contributed by atoms with van der Waals surface area (Å²) in [6.45, 7) is 15.4. The lowest BCUT2D eigenvalue weighted by Gasteiger charge is -2.42. The standard InChI is InChI=1S/C45H55N13O12.C45H57N13O11/c1-7-57-28(15-22(3)53-57)41(65)51-44-48-26-17-24(39(46)63)19-30(67-5)35(26)55(44)12-9-10-13-56-36-27(49-45(56)52-42(66)29-16-23(4)54-58(29)8-2)18-25(40(47)64)20-31(36)69-14-11-33(60)50-34-38(62)37(61)32(21-59)70-43(34)68-6;1-7-57-29(16-23(3)53-57)41(64)51-44-49-27-18-25(39(46)62)20-31(66-5)35(27)55(44)13-9-10-14-56-36-28(50-45(56)52-42(65)30-17-24(4)54-58(30)8-2)19-26(40(47)63)21-32(36)68-15-11-12-48-34-38(61)37(60)33(22-59)69-43(34)67-6/h9-10,15-20,32,34,37-38,43,59,61-62H,7-8,11-14,21H2,1-6H3,(H2,46,63)(H2,47,64)(H,50,60)(H,48,51,65)(H,49,52,66);9-10,16-21,33-34,37-38,43,48,59-61H,7-8,11-15,22H2,1-6H3,(H2,46,62)(H2,47,63)(H,49,51,64)(H,50,52,65)/b2*10-9+/t32-,34-,37-,38-,43+;33-,34-,37-,38-,43+/m11/s1. The average Bonchev–Trinajstić information content (AvgIpc) is 1.63. The number of carbonyl (C=O) groups is 9. The second-order valence-corrected chi connectivity index (χ2v) is 32.4. The maximum atomic E-state index is 13.9. The summed E-state index contributed by atoms with van der Waals surface area (Å²) in [5, 5.41) is 96.4. The number of nitrogens with one attached hydrogen (secondary N) is 6.